The van der Waals surface area contributed by atoms with Crippen molar-refractivity contribution >= 4 is 39.5 Å². The molecule has 0 radical (unpaired) electrons. The van der Waals surface area contributed by atoms with Crippen molar-refractivity contribution in [1.82, 2.24) is 30.4 Å². The molecule has 2 aromatic carbocycles. The molecule has 10 heteroatoms. The van der Waals surface area contributed by atoms with E-state index in [4.69, 9.17) is 17.0 Å². The molecule has 0 saturated heterocycles. The highest BCUT2D eigenvalue weighted by Crippen LogP contribution is 2.25. The molecular formula is C24H26N6O2S2. The highest BCUT2D eigenvalue weighted by atomic mass is 32.1. The van der Waals surface area contributed by atoms with E-state index in [0.717, 1.165) is 51.9 Å². The Kier molecular flexibility index (Phi) is 7.81. The van der Waals surface area contributed by atoms with E-state index < -0.39 is 0 Å². The fourth-order valence-electron chi connectivity index (χ4n) is 3.20. The summed E-state index contributed by atoms with van der Waals surface area (Å²) in [6, 6.07) is 15.1. The Morgan fingerprint density at radius 3 is 2.56 bits per heavy atom. The number of carbonyl (C=O) groups excluding carboxylic acids is 1. The first kappa shape index (κ1) is 23.8. The molecule has 2 N–H and O–H groups in total. The molecule has 34 heavy (non-hydrogen) atoms. The van der Waals surface area contributed by atoms with Gasteiger partial charge in [-0.1, -0.05) is 55.9 Å². The summed E-state index contributed by atoms with van der Waals surface area (Å²) in [6.07, 6.45) is 2.86. The van der Waals surface area contributed by atoms with E-state index in [1.165, 1.54) is 11.3 Å². The molecule has 0 spiro atoms. The van der Waals surface area contributed by atoms with Gasteiger partial charge in [-0.15, -0.1) is 10.2 Å². The zero-order valence-corrected chi connectivity index (χ0v) is 20.7. The average molecular weight is 495 g/mol. The van der Waals surface area contributed by atoms with E-state index in [-0.39, 0.29) is 11.0 Å². The minimum Gasteiger partial charge on any atom is -0.494 e. The SMILES string of the molecule is CCCCOc1ccc(C(=O)NC(=S)NCc2ccc(-c3nn4c(CC)nnc4s3)cc2)cc1. The van der Waals surface area contributed by atoms with E-state index in [2.05, 4.69) is 32.9 Å². The van der Waals surface area contributed by atoms with E-state index in [0.29, 0.717) is 18.7 Å². The van der Waals surface area contributed by atoms with Crippen LogP contribution in [-0.4, -0.2) is 37.4 Å². The first-order chi connectivity index (χ1) is 16.6. The van der Waals surface area contributed by atoms with Crippen molar-refractivity contribution in [1.29, 1.82) is 0 Å². The number of fused-ring (bicyclic) bond motifs is 1. The van der Waals surface area contributed by atoms with Gasteiger partial charge in [-0.2, -0.15) is 9.61 Å². The molecule has 0 aliphatic carbocycles. The van der Waals surface area contributed by atoms with Crippen molar-refractivity contribution in [3.05, 3.63) is 65.5 Å². The zero-order chi connectivity index (χ0) is 23.9. The van der Waals surface area contributed by atoms with Gasteiger partial charge in [0, 0.05) is 24.1 Å². The van der Waals surface area contributed by atoms with Crippen molar-refractivity contribution in [3.8, 4) is 16.3 Å². The Morgan fingerprint density at radius 1 is 1.09 bits per heavy atom. The van der Waals surface area contributed by atoms with Crippen LogP contribution in [0.3, 0.4) is 0 Å². The summed E-state index contributed by atoms with van der Waals surface area (Å²) in [5.74, 6) is 1.34. The van der Waals surface area contributed by atoms with Crippen LogP contribution in [0.25, 0.3) is 15.5 Å². The van der Waals surface area contributed by atoms with E-state index in [9.17, 15) is 4.79 Å². The average Bonchev–Trinajstić information content (AvgIpc) is 3.44. The second-order valence-electron chi connectivity index (χ2n) is 7.63. The number of hydrogen-bond acceptors (Lipinski definition) is 7. The van der Waals surface area contributed by atoms with Crippen LogP contribution < -0.4 is 15.4 Å². The van der Waals surface area contributed by atoms with Crippen molar-refractivity contribution in [3.63, 3.8) is 0 Å². The van der Waals surface area contributed by atoms with Gasteiger partial charge < -0.3 is 10.1 Å². The van der Waals surface area contributed by atoms with Crippen LogP contribution >= 0.6 is 23.6 Å². The monoisotopic (exact) mass is 494 g/mol. The van der Waals surface area contributed by atoms with Crippen molar-refractivity contribution < 1.29 is 9.53 Å². The maximum Gasteiger partial charge on any atom is 0.257 e. The summed E-state index contributed by atoms with van der Waals surface area (Å²) in [5, 5.41) is 19.9. The van der Waals surface area contributed by atoms with Crippen LogP contribution in [-0.2, 0) is 13.0 Å². The standard InChI is InChI=1S/C24H26N6O2S2/c1-3-5-14-32-19-12-10-17(11-13-19)21(31)26-23(33)25-15-16-6-8-18(9-7-16)22-29-30-20(4-2)27-28-24(30)34-22/h6-13H,3-5,14-15H2,1-2H3,(H2,25,26,31,33). The lowest BCUT2D eigenvalue weighted by Crippen LogP contribution is -2.38. The van der Waals surface area contributed by atoms with Gasteiger partial charge in [-0.3, -0.25) is 10.1 Å². The number of ether oxygens (including phenoxy) is 1. The maximum atomic E-state index is 12.4. The largest absolute Gasteiger partial charge is 0.494 e. The fraction of sp³-hybridized carbons (Fsp3) is 0.292. The van der Waals surface area contributed by atoms with E-state index >= 15 is 0 Å². The number of benzene rings is 2. The molecule has 2 aromatic heterocycles. The molecule has 1 amide bonds. The highest BCUT2D eigenvalue weighted by Gasteiger charge is 2.12. The van der Waals surface area contributed by atoms with Gasteiger partial charge in [-0.05, 0) is 48.5 Å². The molecular weight excluding hydrogens is 468 g/mol. The smallest absolute Gasteiger partial charge is 0.257 e. The quantitative estimate of drug-likeness (QED) is 0.263. The summed E-state index contributed by atoms with van der Waals surface area (Å²) in [4.78, 5) is 13.2. The maximum absolute atomic E-state index is 12.4. The molecule has 0 unspecified atom stereocenters. The van der Waals surface area contributed by atoms with Gasteiger partial charge in [0.1, 0.15) is 10.8 Å². The lowest BCUT2D eigenvalue weighted by atomic mass is 10.1. The molecule has 8 nitrogen and oxygen atoms in total. The molecule has 2 heterocycles. The first-order valence-electron chi connectivity index (χ1n) is 11.2. The number of aryl methyl sites for hydroxylation is 1. The van der Waals surface area contributed by atoms with Crippen molar-refractivity contribution in [2.24, 2.45) is 0 Å². The number of thiocarbonyl (C=S) groups is 1. The fourth-order valence-corrected chi connectivity index (χ4v) is 4.23. The molecule has 176 valence electrons. The number of nitrogens with zero attached hydrogens (tertiary/aromatic N) is 4. The summed E-state index contributed by atoms with van der Waals surface area (Å²) in [7, 11) is 0. The van der Waals surface area contributed by atoms with Crippen LogP contribution in [0.15, 0.2) is 48.5 Å². The van der Waals surface area contributed by atoms with Crippen molar-refractivity contribution in [2.45, 2.75) is 39.7 Å². The third-order valence-electron chi connectivity index (χ3n) is 5.14. The third-order valence-corrected chi connectivity index (χ3v) is 6.33. The van der Waals surface area contributed by atoms with Crippen LogP contribution in [0.4, 0.5) is 0 Å². The Morgan fingerprint density at radius 2 is 1.85 bits per heavy atom. The first-order valence-corrected chi connectivity index (χ1v) is 12.4. The highest BCUT2D eigenvalue weighted by molar-refractivity contribution is 7.80. The van der Waals surface area contributed by atoms with Gasteiger partial charge in [0.25, 0.3) is 5.91 Å². The number of aromatic nitrogens is 4. The lowest BCUT2D eigenvalue weighted by molar-refractivity contribution is 0.0976. The minimum atomic E-state index is -0.261. The molecule has 0 aliphatic heterocycles. The Labute approximate surface area is 207 Å². The predicted molar refractivity (Wildman–Crippen MR) is 137 cm³/mol. The van der Waals surface area contributed by atoms with Gasteiger partial charge >= 0.3 is 0 Å². The number of unbranched alkanes of at least 4 members (excludes halogenated alkanes) is 1. The van der Waals surface area contributed by atoms with Crippen molar-refractivity contribution in [2.75, 3.05) is 6.61 Å². The molecule has 0 aliphatic rings. The molecule has 0 bridgehead atoms. The van der Waals surface area contributed by atoms with Crippen LogP contribution in [0.5, 0.6) is 5.75 Å². The Balaban J connectivity index is 1.28. The second kappa shape index (κ2) is 11.2. The number of hydrogen-bond donors (Lipinski definition) is 2. The molecule has 4 aromatic rings. The molecule has 0 saturated carbocycles. The van der Waals surface area contributed by atoms with Gasteiger partial charge in [0.2, 0.25) is 4.96 Å². The Hall–Kier alpha value is -3.37. The molecule has 0 fully saturated rings. The third kappa shape index (κ3) is 5.75. The van der Waals surface area contributed by atoms with Gasteiger partial charge in [0.15, 0.2) is 10.9 Å². The Bertz CT molecular complexity index is 1270. The summed E-state index contributed by atoms with van der Waals surface area (Å²) in [6.45, 7) is 5.31. The summed E-state index contributed by atoms with van der Waals surface area (Å²) >= 11 is 6.79. The lowest BCUT2D eigenvalue weighted by Gasteiger charge is -2.10. The van der Waals surface area contributed by atoms with Crippen LogP contribution in [0, 0.1) is 0 Å². The number of nitrogens with one attached hydrogen (secondary N) is 2. The topological polar surface area (TPSA) is 93.4 Å². The molecule has 4 rings (SSSR count). The minimum absolute atomic E-state index is 0.261. The van der Waals surface area contributed by atoms with Crippen LogP contribution in [0.2, 0.25) is 0 Å². The second-order valence-corrected chi connectivity index (χ2v) is 9.00. The summed E-state index contributed by atoms with van der Waals surface area (Å²) < 4.78 is 7.42. The van der Waals surface area contributed by atoms with E-state index in [1.807, 2.05) is 31.2 Å². The molecule has 0 atom stereocenters. The van der Waals surface area contributed by atoms with E-state index in [1.54, 1.807) is 28.8 Å². The number of rotatable bonds is 9. The predicted octanol–water partition coefficient (Wildman–Crippen LogP) is 4.40. The normalized spacial score (nSPS) is 10.9. The zero-order valence-electron chi connectivity index (χ0n) is 19.1. The summed E-state index contributed by atoms with van der Waals surface area (Å²) in [5.41, 5.74) is 2.57. The number of carbonyl (C=O) groups is 1. The number of amides is 1. The van der Waals surface area contributed by atoms with Crippen LogP contribution in [0.1, 0.15) is 48.4 Å². The van der Waals surface area contributed by atoms with Gasteiger partial charge in [0.05, 0.1) is 6.61 Å². The van der Waals surface area contributed by atoms with Gasteiger partial charge in [-0.25, -0.2) is 0 Å².